The molecule has 0 fully saturated rings. The summed E-state index contributed by atoms with van der Waals surface area (Å²) in [6.07, 6.45) is 0. The highest BCUT2D eigenvalue weighted by atomic mass is 16.5. The zero-order valence-corrected chi connectivity index (χ0v) is 16.1. The second-order valence-electron chi connectivity index (χ2n) is 7.50. The molecule has 4 aromatic rings. The minimum Gasteiger partial charge on any atom is -0.478 e. The number of fused-ring (bicyclic) bond motifs is 4. The number of benzene rings is 2. The Morgan fingerprint density at radius 3 is 2.62 bits per heavy atom. The molecule has 0 spiro atoms. The number of para-hydroxylation sites is 1. The van der Waals surface area contributed by atoms with E-state index < -0.39 is 11.3 Å². The summed E-state index contributed by atoms with van der Waals surface area (Å²) < 4.78 is 16.9. The number of hydrogen-bond acceptors (Lipinski definition) is 6. The molecular weight excluding hydrogens is 370 g/mol. The molecule has 1 aliphatic heterocycles. The number of hydrogen-bond donors (Lipinski definition) is 0. The molecule has 0 N–H and O–H groups in total. The summed E-state index contributed by atoms with van der Waals surface area (Å²) in [5.41, 5.74) is 1.59. The maximum absolute atomic E-state index is 12.7. The molecule has 5 rings (SSSR count). The molecule has 0 atom stereocenters. The monoisotopic (exact) mass is 389 g/mol. The Labute approximate surface area is 165 Å². The van der Waals surface area contributed by atoms with E-state index in [4.69, 9.17) is 13.6 Å². The van der Waals surface area contributed by atoms with Gasteiger partial charge in [0.05, 0.1) is 11.1 Å². The molecule has 0 aliphatic carbocycles. The Kier molecular flexibility index (Phi) is 4.03. The first-order valence-corrected chi connectivity index (χ1v) is 9.51. The Morgan fingerprint density at radius 1 is 0.966 bits per heavy atom. The average Bonchev–Trinajstić information content (AvgIpc) is 2.72. The van der Waals surface area contributed by atoms with E-state index in [0.717, 1.165) is 10.9 Å². The fourth-order valence-electron chi connectivity index (χ4n) is 3.75. The van der Waals surface area contributed by atoms with Crippen LogP contribution in [-0.2, 0) is 6.54 Å². The van der Waals surface area contributed by atoms with Crippen LogP contribution in [0.2, 0.25) is 0 Å². The van der Waals surface area contributed by atoms with Crippen molar-refractivity contribution in [3.63, 3.8) is 0 Å². The molecule has 0 amide bonds. The maximum atomic E-state index is 12.7. The second kappa shape index (κ2) is 6.60. The molecule has 29 heavy (non-hydrogen) atoms. The maximum Gasteiger partial charge on any atom is 0.344 e. The van der Waals surface area contributed by atoms with E-state index in [2.05, 4.69) is 18.7 Å². The van der Waals surface area contributed by atoms with Crippen LogP contribution in [0.5, 0.6) is 5.75 Å². The van der Waals surface area contributed by atoms with E-state index in [1.807, 2.05) is 30.3 Å². The van der Waals surface area contributed by atoms with Gasteiger partial charge in [0.25, 0.3) is 0 Å². The quantitative estimate of drug-likeness (QED) is 0.480. The lowest BCUT2D eigenvalue weighted by molar-refractivity contribution is 0.0689. The molecule has 0 radical (unpaired) electrons. The van der Waals surface area contributed by atoms with Crippen LogP contribution in [0.1, 0.15) is 19.4 Å². The van der Waals surface area contributed by atoms with E-state index in [1.54, 1.807) is 12.1 Å². The van der Waals surface area contributed by atoms with Crippen LogP contribution in [0.25, 0.3) is 33.1 Å². The van der Waals surface area contributed by atoms with Gasteiger partial charge in [0.2, 0.25) is 0 Å². The molecule has 0 bridgehead atoms. The number of rotatable bonds is 2. The highest BCUT2D eigenvalue weighted by Gasteiger charge is 2.24. The first-order chi connectivity index (χ1) is 14.0. The zero-order valence-electron chi connectivity index (χ0n) is 16.1. The van der Waals surface area contributed by atoms with Crippen molar-refractivity contribution in [1.29, 1.82) is 0 Å². The highest BCUT2D eigenvalue weighted by molar-refractivity contribution is 5.97. The van der Waals surface area contributed by atoms with Crippen molar-refractivity contribution in [3.8, 4) is 16.9 Å². The summed E-state index contributed by atoms with van der Waals surface area (Å²) >= 11 is 0. The molecule has 6 nitrogen and oxygen atoms in total. The first kappa shape index (κ1) is 17.7. The van der Waals surface area contributed by atoms with E-state index in [1.165, 1.54) is 6.07 Å². The van der Waals surface area contributed by atoms with Gasteiger partial charge in [0.1, 0.15) is 23.6 Å². The van der Waals surface area contributed by atoms with Gasteiger partial charge in [-0.15, -0.1) is 0 Å². The van der Waals surface area contributed by atoms with Crippen molar-refractivity contribution < 1.29 is 13.6 Å². The van der Waals surface area contributed by atoms with Gasteiger partial charge in [-0.1, -0.05) is 18.2 Å². The van der Waals surface area contributed by atoms with Gasteiger partial charge >= 0.3 is 11.3 Å². The predicted octanol–water partition coefficient (Wildman–Crippen LogP) is 4.13. The molecule has 2 aromatic carbocycles. The number of ether oxygens (including phenoxy) is 1. The predicted molar refractivity (Wildman–Crippen MR) is 110 cm³/mol. The van der Waals surface area contributed by atoms with Crippen molar-refractivity contribution in [2.45, 2.75) is 26.4 Å². The summed E-state index contributed by atoms with van der Waals surface area (Å²) in [5.74, 6) is 0.695. The van der Waals surface area contributed by atoms with Crippen LogP contribution in [0.4, 0.5) is 0 Å². The molecule has 0 unspecified atom stereocenters. The minimum absolute atomic E-state index is 0.279. The van der Waals surface area contributed by atoms with Crippen LogP contribution in [-0.4, -0.2) is 17.7 Å². The van der Waals surface area contributed by atoms with Gasteiger partial charge in [0, 0.05) is 35.0 Å². The molecule has 146 valence electrons. The van der Waals surface area contributed by atoms with E-state index in [9.17, 15) is 9.59 Å². The second-order valence-corrected chi connectivity index (χ2v) is 7.50. The van der Waals surface area contributed by atoms with Crippen molar-refractivity contribution >= 4 is 21.9 Å². The Hall–Kier alpha value is -3.38. The number of nitrogens with zero attached hydrogens (tertiary/aromatic N) is 1. The van der Waals surface area contributed by atoms with Gasteiger partial charge in [-0.05, 0) is 38.1 Å². The SMILES string of the molecule is CC(C)N1COc2ccc3c(-c4cc5ccccc5oc4=O)cc(=O)oc3c2C1. The highest BCUT2D eigenvalue weighted by Crippen LogP contribution is 2.36. The molecule has 2 aromatic heterocycles. The van der Waals surface area contributed by atoms with Gasteiger partial charge in [-0.2, -0.15) is 0 Å². The lowest BCUT2D eigenvalue weighted by Gasteiger charge is -2.32. The van der Waals surface area contributed by atoms with Gasteiger partial charge < -0.3 is 13.6 Å². The first-order valence-electron chi connectivity index (χ1n) is 9.51. The zero-order chi connectivity index (χ0) is 20.1. The fraction of sp³-hybridized carbons (Fsp3) is 0.217. The van der Waals surface area contributed by atoms with E-state index >= 15 is 0 Å². The molecule has 1 aliphatic rings. The third-order valence-electron chi connectivity index (χ3n) is 5.38. The average molecular weight is 389 g/mol. The van der Waals surface area contributed by atoms with Crippen LogP contribution < -0.4 is 16.0 Å². The van der Waals surface area contributed by atoms with Crippen LogP contribution in [0.15, 0.2) is 67.0 Å². The van der Waals surface area contributed by atoms with E-state index in [0.29, 0.717) is 46.7 Å². The molecule has 0 saturated carbocycles. The molecular formula is C23H19NO5. The molecule has 0 saturated heterocycles. The third kappa shape index (κ3) is 2.93. The van der Waals surface area contributed by atoms with Crippen LogP contribution in [0.3, 0.4) is 0 Å². The standard InChI is InChI=1S/C23H19NO5/c1-13(2)24-11-18-20(27-12-24)8-7-15-16(10-21(25)29-22(15)18)17-9-14-5-3-4-6-19(14)28-23(17)26/h3-10,13H,11-12H2,1-2H3. The summed E-state index contributed by atoms with van der Waals surface area (Å²) in [5, 5.41) is 1.47. The topological polar surface area (TPSA) is 72.9 Å². The Balaban J connectivity index is 1.78. The van der Waals surface area contributed by atoms with E-state index in [-0.39, 0.29) is 6.04 Å². The lowest BCUT2D eigenvalue weighted by Crippen LogP contribution is -2.37. The summed E-state index contributed by atoms with van der Waals surface area (Å²) in [7, 11) is 0. The Bertz CT molecular complexity index is 1370. The van der Waals surface area contributed by atoms with Gasteiger partial charge in [-0.25, -0.2) is 9.59 Å². The third-order valence-corrected chi connectivity index (χ3v) is 5.38. The van der Waals surface area contributed by atoms with Gasteiger partial charge in [-0.3, -0.25) is 4.90 Å². The van der Waals surface area contributed by atoms with Crippen molar-refractivity contribution in [2.24, 2.45) is 0 Å². The van der Waals surface area contributed by atoms with Gasteiger partial charge in [0.15, 0.2) is 0 Å². The summed E-state index contributed by atoms with van der Waals surface area (Å²) in [6.45, 7) is 5.25. The minimum atomic E-state index is -0.518. The smallest absolute Gasteiger partial charge is 0.344 e. The molecule has 6 heteroatoms. The van der Waals surface area contributed by atoms with Crippen LogP contribution >= 0.6 is 0 Å². The van der Waals surface area contributed by atoms with Crippen molar-refractivity contribution in [2.75, 3.05) is 6.73 Å². The van der Waals surface area contributed by atoms with Crippen molar-refractivity contribution in [1.82, 2.24) is 4.90 Å². The largest absolute Gasteiger partial charge is 0.478 e. The fourth-order valence-corrected chi connectivity index (χ4v) is 3.75. The Morgan fingerprint density at radius 2 is 1.79 bits per heavy atom. The van der Waals surface area contributed by atoms with Crippen molar-refractivity contribution in [3.05, 3.63) is 74.9 Å². The normalized spacial score (nSPS) is 14.3. The summed E-state index contributed by atoms with van der Waals surface area (Å²) in [6, 6.07) is 14.4. The lowest BCUT2D eigenvalue weighted by atomic mass is 9.99. The summed E-state index contributed by atoms with van der Waals surface area (Å²) in [4.78, 5) is 27.2. The van der Waals surface area contributed by atoms with Crippen LogP contribution in [0, 0.1) is 0 Å². The molecule has 3 heterocycles.